The summed E-state index contributed by atoms with van der Waals surface area (Å²) in [5.74, 6) is 1.28. The average Bonchev–Trinajstić information content (AvgIpc) is 2.90. The zero-order chi connectivity index (χ0) is 16.8. The summed E-state index contributed by atoms with van der Waals surface area (Å²) in [6, 6.07) is 1.71. The summed E-state index contributed by atoms with van der Waals surface area (Å²) >= 11 is 0. The van der Waals surface area contributed by atoms with Crippen LogP contribution in [-0.4, -0.2) is 56.0 Å². The van der Waals surface area contributed by atoms with Gasteiger partial charge in [0.15, 0.2) is 9.84 Å². The van der Waals surface area contributed by atoms with E-state index in [1.54, 1.807) is 24.8 Å². The fraction of sp³-hybridized carbons (Fsp3) is 0.688. The van der Waals surface area contributed by atoms with E-state index in [4.69, 9.17) is 9.15 Å². The summed E-state index contributed by atoms with van der Waals surface area (Å²) in [5.41, 5.74) is 0.522. The highest BCUT2D eigenvalue weighted by atomic mass is 32.2. The SMILES string of the molecule is CCOC[C@@H]1CCS(=O)(=O)C12CN(C(=O)c1cc(C)oc1C)C2. The minimum absolute atomic E-state index is 0.0244. The van der Waals surface area contributed by atoms with E-state index in [0.29, 0.717) is 36.7 Å². The molecule has 1 atom stereocenters. The van der Waals surface area contributed by atoms with E-state index in [2.05, 4.69) is 0 Å². The van der Waals surface area contributed by atoms with Gasteiger partial charge in [-0.1, -0.05) is 0 Å². The molecule has 1 aromatic rings. The zero-order valence-corrected chi connectivity index (χ0v) is 14.6. The molecule has 0 N–H and O–H groups in total. The molecule has 128 valence electrons. The summed E-state index contributed by atoms with van der Waals surface area (Å²) in [7, 11) is -3.18. The van der Waals surface area contributed by atoms with Crippen LogP contribution in [0.2, 0.25) is 0 Å². The lowest BCUT2D eigenvalue weighted by Crippen LogP contribution is -2.68. The van der Waals surface area contributed by atoms with E-state index in [1.807, 2.05) is 6.92 Å². The minimum atomic E-state index is -3.18. The number of sulfone groups is 1. The number of furan rings is 1. The van der Waals surface area contributed by atoms with E-state index in [9.17, 15) is 13.2 Å². The van der Waals surface area contributed by atoms with Gasteiger partial charge in [0.2, 0.25) is 0 Å². The molecule has 0 unspecified atom stereocenters. The number of ether oxygens (including phenoxy) is 1. The van der Waals surface area contributed by atoms with Crippen molar-refractivity contribution in [2.45, 2.75) is 31.9 Å². The van der Waals surface area contributed by atoms with Gasteiger partial charge in [-0.15, -0.1) is 0 Å². The molecule has 1 amide bonds. The number of nitrogens with zero attached hydrogens (tertiary/aromatic N) is 1. The number of likely N-dealkylation sites (tertiary alicyclic amines) is 1. The van der Waals surface area contributed by atoms with Gasteiger partial charge in [-0.3, -0.25) is 4.79 Å². The standard InChI is InChI=1S/C16H23NO5S/c1-4-21-8-13-5-6-23(19,20)16(13)9-17(10-16)15(18)14-7-11(2)22-12(14)3/h7,13H,4-6,8-10H2,1-3H3/t13-/m0/s1. The molecule has 23 heavy (non-hydrogen) atoms. The van der Waals surface area contributed by atoms with Crippen molar-refractivity contribution in [2.75, 3.05) is 32.1 Å². The van der Waals surface area contributed by atoms with Crippen molar-refractivity contribution in [3.8, 4) is 0 Å². The molecule has 3 rings (SSSR count). The van der Waals surface area contributed by atoms with Crippen molar-refractivity contribution in [2.24, 2.45) is 5.92 Å². The molecule has 1 aromatic heterocycles. The molecule has 2 fully saturated rings. The highest BCUT2D eigenvalue weighted by Crippen LogP contribution is 2.45. The molecule has 2 saturated heterocycles. The molecule has 0 bridgehead atoms. The van der Waals surface area contributed by atoms with Crippen molar-refractivity contribution in [1.82, 2.24) is 4.90 Å². The lowest BCUT2D eigenvalue weighted by molar-refractivity contribution is 0.0269. The van der Waals surface area contributed by atoms with E-state index in [1.165, 1.54) is 0 Å². The number of hydrogen-bond donors (Lipinski definition) is 0. The highest BCUT2D eigenvalue weighted by molar-refractivity contribution is 7.93. The van der Waals surface area contributed by atoms with Crippen LogP contribution in [0.1, 0.15) is 35.2 Å². The van der Waals surface area contributed by atoms with Gasteiger partial charge in [0.1, 0.15) is 16.3 Å². The first-order valence-corrected chi connectivity index (χ1v) is 9.62. The largest absolute Gasteiger partial charge is 0.466 e. The Kier molecular flexibility index (Phi) is 4.04. The Morgan fingerprint density at radius 3 is 2.70 bits per heavy atom. The number of carbonyl (C=O) groups is 1. The summed E-state index contributed by atoms with van der Waals surface area (Å²) in [6.45, 7) is 6.98. The molecule has 6 nitrogen and oxygen atoms in total. The smallest absolute Gasteiger partial charge is 0.257 e. The van der Waals surface area contributed by atoms with Crippen molar-refractivity contribution < 1.29 is 22.4 Å². The molecule has 0 aromatic carbocycles. The van der Waals surface area contributed by atoms with Gasteiger partial charge in [-0.2, -0.15) is 0 Å². The summed E-state index contributed by atoms with van der Waals surface area (Å²) in [6.07, 6.45) is 0.619. The van der Waals surface area contributed by atoms with Crippen LogP contribution >= 0.6 is 0 Å². The van der Waals surface area contributed by atoms with Crippen LogP contribution in [0.4, 0.5) is 0 Å². The third kappa shape index (κ3) is 2.50. The predicted octanol–water partition coefficient (Wildman–Crippen LogP) is 1.56. The second-order valence-corrected chi connectivity index (χ2v) is 8.97. The topological polar surface area (TPSA) is 76.8 Å². The number of rotatable bonds is 4. The Labute approximate surface area is 136 Å². The molecule has 0 saturated carbocycles. The zero-order valence-electron chi connectivity index (χ0n) is 13.8. The molecule has 0 radical (unpaired) electrons. The van der Waals surface area contributed by atoms with Gasteiger partial charge < -0.3 is 14.1 Å². The van der Waals surface area contributed by atoms with E-state index in [0.717, 1.165) is 0 Å². The summed E-state index contributed by atoms with van der Waals surface area (Å²) in [4.78, 5) is 14.2. The molecule has 7 heteroatoms. The highest BCUT2D eigenvalue weighted by Gasteiger charge is 2.62. The van der Waals surface area contributed by atoms with Crippen LogP contribution in [0.5, 0.6) is 0 Å². The van der Waals surface area contributed by atoms with Gasteiger partial charge in [0.05, 0.1) is 17.9 Å². The van der Waals surface area contributed by atoms with Crippen LogP contribution in [0.3, 0.4) is 0 Å². The number of amides is 1. The first-order valence-electron chi connectivity index (χ1n) is 7.97. The Morgan fingerprint density at radius 2 is 2.13 bits per heavy atom. The van der Waals surface area contributed by atoms with Crippen LogP contribution in [0, 0.1) is 19.8 Å². The molecular formula is C16H23NO5S. The fourth-order valence-corrected chi connectivity index (χ4v) is 6.12. The minimum Gasteiger partial charge on any atom is -0.466 e. The van der Waals surface area contributed by atoms with Gasteiger partial charge in [-0.05, 0) is 33.3 Å². The number of carbonyl (C=O) groups excluding carboxylic acids is 1. The van der Waals surface area contributed by atoms with Gasteiger partial charge in [0.25, 0.3) is 5.91 Å². The Morgan fingerprint density at radius 1 is 1.43 bits per heavy atom. The molecular weight excluding hydrogens is 318 g/mol. The molecule has 2 aliphatic rings. The number of hydrogen-bond acceptors (Lipinski definition) is 5. The Balaban J connectivity index is 1.77. The van der Waals surface area contributed by atoms with Crippen LogP contribution in [0.15, 0.2) is 10.5 Å². The summed E-state index contributed by atoms with van der Waals surface area (Å²) < 4.78 is 35.1. The summed E-state index contributed by atoms with van der Waals surface area (Å²) in [5, 5.41) is 0. The lowest BCUT2D eigenvalue weighted by atomic mass is 9.83. The maximum absolute atomic E-state index is 12.6. The first kappa shape index (κ1) is 16.5. The molecule has 1 spiro atoms. The monoisotopic (exact) mass is 341 g/mol. The van der Waals surface area contributed by atoms with Crippen molar-refractivity contribution in [3.05, 3.63) is 23.2 Å². The Hall–Kier alpha value is -1.34. The van der Waals surface area contributed by atoms with E-state index in [-0.39, 0.29) is 30.7 Å². The predicted molar refractivity (Wildman–Crippen MR) is 85.2 cm³/mol. The average molecular weight is 341 g/mol. The van der Waals surface area contributed by atoms with E-state index >= 15 is 0 Å². The lowest BCUT2D eigenvalue weighted by Gasteiger charge is -2.49. The first-order chi connectivity index (χ1) is 10.8. The van der Waals surface area contributed by atoms with E-state index < -0.39 is 14.6 Å². The second kappa shape index (κ2) is 5.63. The normalized spacial score (nSPS) is 24.8. The van der Waals surface area contributed by atoms with Gasteiger partial charge >= 0.3 is 0 Å². The molecule has 3 heterocycles. The van der Waals surface area contributed by atoms with Crippen molar-refractivity contribution in [3.63, 3.8) is 0 Å². The van der Waals surface area contributed by atoms with Gasteiger partial charge in [-0.25, -0.2) is 8.42 Å². The number of aryl methyl sites for hydroxylation is 2. The third-order valence-electron chi connectivity index (χ3n) is 5.10. The molecule has 0 aliphatic carbocycles. The maximum Gasteiger partial charge on any atom is 0.257 e. The van der Waals surface area contributed by atoms with Crippen molar-refractivity contribution in [1.29, 1.82) is 0 Å². The Bertz CT molecular complexity index is 715. The fourth-order valence-electron chi connectivity index (χ4n) is 3.72. The van der Waals surface area contributed by atoms with Gasteiger partial charge in [0, 0.05) is 25.6 Å². The van der Waals surface area contributed by atoms with Crippen LogP contribution in [-0.2, 0) is 14.6 Å². The maximum atomic E-state index is 12.6. The third-order valence-corrected chi connectivity index (χ3v) is 7.70. The quantitative estimate of drug-likeness (QED) is 0.831. The second-order valence-electron chi connectivity index (χ2n) is 6.52. The van der Waals surface area contributed by atoms with Crippen LogP contribution in [0.25, 0.3) is 0 Å². The van der Waals surface area contributed by atoms with Crippen LogP contribution < -0.4 is 0 Å². The molecule has 2 aliphatic heterocycles. The van der Waals surface area contributed by atoms with Crippen molar-refractivity contribution >= 4 is 15.7 Å².